The van der Waals surface area contributed by atoms with E-state index in [9.17, 15) is 4.79 Å². The first-order valence-corrected chi connectivity index (χ1v) is 5.03. The molecule has 1 aromatic rings. The number of rotatable bonds is 1. The minimum Gasteiger partial charge on any atom is -0.309 e. The summed E-state index contributed by atoms with van der Waals surface area (Å²) < 4.78 is 0. The lowest BCUT2D eigenvalue weighted by atomic mass is 10.1. The summed E-state index contributed by atoms with van der Waals surface area (Å²) in [5.74, 6) is 0.239. The van der Waals surface area contributed by atoms with Gasteiger partial charge >= 0.3 is 0 Å². The molecule has 0 aromatic carbocycles. The molecular weight excluding hydrogens is 178 g/mol. The number of nitrogens with zero attached hydrogens (tertiary/aromatic N) is 2. The number of aromatic nitrogens is 2. The maximum Gasteiger partial charge on any atom is 0.229 e. The Hall–Kier alpha value is -1.32. The molecule has 0 saturated carbocycles. The average molecular weight is 193 g/mol. The second kappa shape index (κ2) is 3.44. The molecule has 0 unspecified atom stereocenters. The number of H-pyrrole nitrogens is 1. The van der Waals surface area contributed by atoms with Crippen LogP contribution in [-0.4, -0.2) is 22.6 Å². The van der Waals surface area contributed by atoms with E-state index in [-0.39, 0.29) is 11.8 Å². The topological polar surface area (TPSA) is 49.0 Å². The van der Waals surface area contributed by atoms with Crippen LogP contribution in [0.4, 0.5) is 5.69 Å². The largest absolute Gasteiger partial charge is 0.309 e. The smallest absolute Gasteiger partial charge is 0.229 e. The first-order valence-electron chi connectivity index (χ1n) is 5.03. The van der Waals surface area contributed by atoms with Gasteiger partial charge in [0.15, 0.2) is 0 Å². The van der Waals surface area contributed by atoms with Crippen LogP contribution in [0.2, 0.25) is 0 Å². The van der Waals surface area contributed by atoms with Gasteiger partial charge in [0.05, 0.1) is 17.6 Å². The molecule has 1 aliphatic rings. The van der Waals surface area contributed by atoms with Gasteiger partial charge in [-0.15, -0.1) is 0 Å². The highest BCUT2D eigenvalue weighted by molar-refractivity contribution is 5.95. The molecule has 0 saturated heterocycles. The minimum atomic E-state index is 0.0517. The van der Waals surface area contributed by atoms with Crippen molar-refractivity contribution >= 4 is 11.6 Å². The van der Waals surface area contributed by atoms with E-state index in [1.165, 1.54) is 0 Å². The van der Waals surface area contributed by atoms with Crippen LogP contribution in [0.5, 0.6) is 0 Å². The van der Waals surface area contributed by atoms with Crippen LogP contribution < -0.4 is 4.90 Å². The van der Waals surface area contributed by atoms with Crippen molar-refractivity contribution in [3.05, 3.63) is 11.9 Å². The monoisotopic (exact) mass is 193 g/mol. The molecule has 1 N–H and O–H groups in total. The Bertz CT molecular complexity index is 343. The maximum absolute atomic E-state index is 11.8. The summed E-state index contributed by atoms with van der Waals surface area (Å²) in [6.07, 6.45) is 3.76. The molecule has 0 spiro atoms. The quantitative estimate of drug-likeness (QED) is 0.731. The van der Waals surface area contributed by atoms with Crippen molar-refractivity contribution < 1.29 is 4.79 Å². The molecule has 0 atom stereocenters. The zero-order valence-electron chi connectivity index (χ0n) is 8.58. The fourth-order valence-corrected chi connectivity index (χ4v) is 1.80. The normalized spacial score (nSPS) is 15.8. The van der Waals surface area contributed by atoms with Crippen molar-refractivity contribution in [3.63, 3.8) is 0 Å². The van der Waals surface area contributed by atoms with Crippen LogP contribution in [0, 0.1) is 5.92 Å². The molecule has 4 heteroatoms. The summed E-state index contributed by atoms with van der Waals surface area (Å²) in [6, 6.07) is 0. The standard InChI is InChI=1S/C10H15N3O/c1-7(2)10(14)13-5-3-4-8-9(13)6-11-12-8/h6-7H,3-5H2,1-2H3,(H,11,12). The van der Waals surface area contributed by atoms with E-state index in [0.717, 1.165) is 30.8 Å². The molecule has 0 radical (unpaired) electrons. The zero-order valence-corrected chi connectivity index (χ0v) is 8.58. The highest BCUT2D eigenvalue weighted by Crippen LogP contribution is 2.25. The van der Waals surface area contributed by atoms with Crippen molar-refractivity contribution in [2.45, 2.75) is 26.7 Å². The van der Waals surface area contributed by atoms with Crippen LogP contribution in [0.25, 0.3) is 0 Å². The van der Waals surface area contributed by atoms with Gasteiger partial charge in [-0.25, -0.2) is 0 Å². The number of aromatic amines is 1. The maximum atomic E-state index is 11.8. The Labute approximate surface area is 83.3 Å². The summed E-state index contributed by atoms with van der Waals surface area (Å²) >= 11 is 0. The molecule has 14 heavy (non-hydrogen) atoms. The van der Waals surface area contributed by atoms with Gasteiger partial charge in [0.1, 0.15) is 0 Å². The van der Waals surface area contributed by atoms with Crippen LogP contribution in [0.1, 0.15) is 26.0 Å². The Morgan fingerprint density at radius 2 is 2.43 bits per heavy atom. The fraction of sp³-hybridized carbons (Fsp3) is 0.600. The molecule has 2 rings (SSSR count). The Morgan fingerprint density at radius 3 is 3.14 bits per heavy atom. The van der Waals surface area contributed by atoms with Gasteiger partial charge < -0.3 is 4.90 Å². The molecule has 76 valence electrons. The number of carbonyl (C=O) groups excluding carboxylic acids is 1. The lowest BCUT2D eigenvalue weighted by Gasteiger charge is -2.27. The van der Waals surface area contributed by atoms with Gasteiger partial charge in [0, 0.05) is 12.5 Å². The number of fused-ring (bicyclic) bond motifs is 1. The van der Waals surface area contributed by atoms with E-state index >= 15 is 0 Å². The van der Waals surface area contributed by atoms with Crippen molar-refractivity contribution in [2.24, 2.45) is 5.92 Å². The molecule has 1 aliphatic heterocycles. The third-order valence-corrected chi connectivity index (χ3v) is 2.55. The number of hydrogen-bond donors (Lipinski definition) is 1. The molecule has 1 aromatic heterocycles. The van der Waals surface area contributed by atoms with E-state index in [2.05, 4.69) is 10.2 Å². The second-order valence-corrected chi connectivity index (χ2v) is 3.98. The zero-order chi connectivity index (χ0) is 10.1. The number of amides is 1. The first-order chi connectivity index (χ1) is 6.70. The number of hydrogen-bond acceptors (Lipinski definition) is 2. The molecule has 0 fully saturated rings. The van der Waals surface area contributed by atoms with Crippen molar-refractivity contribution in [1.29, 1.82) is 0 Å². The third-order valence-electron chi connectivity index (χ3n) is 2.55. The molecule has 0 aliphatic carbocycles. The highest BCUT2D eigenvalue weighted by Gasteiger charge is 2.25. The summed E-state index contributed by atoms with van der Waals surface area (Å²) in [5.41, 5.74) is 2.06. The van der Waals surface area contributed by atoms with Crippen LogP contribution in [0.15, 0.2) is 6.20 Å². The van der Waals surface area contributed by atoms with Gasteiger partial charge in [0.25, 0.3) is 0 Å². The number of anilines is 1. The summed E-state index contributed by atoms with van der Waals surface area (Å²) in [4.78, 5) is 13.7. The first kappa shape index (κ1) is 9.24. The molecule has 2 heterocycles. The van der Waals surface area contributed by atoms with E-state index in [1.807, 2.05) is 18.7 Å². The second-order valence-electron chi connectivity index (χ2n) is 3.98. The lowest BCUT2D eigenvalue weighted by molar-refractivity contribution is -0.121. The molecular formula is C10H15N3O. The summed E-state index contributed by atoms with van der Waals surface area (Å²) in [5, 5.41) is 6.91. The van der Waals surface area contributed by atoms with Crippen molar-refractivity contribution in [1.82, 2.24) is 10.2 Å². The van der Waals surface area contributed by atoms with Crippen LogP contribution in [0.3, 0.4) is 0 Å². The van der Waals surface area contributed by atoms with E-state index in [4.69, 9.17) is 0 Å². The van der Waals surface area contributed by atoms with Crippen molar-refractivity contribution in [3.8, 4) is 0 Å². The Balaban J connectivity index is 2.28. The predicted molar refractivity (Wildman–Crippen MR) is 54.1 cm³/mol. The van der Waals surface area contributed by atoms with Crippen molar-refractivity contribution in [2.75, 3.05) is 11.4 Å². The minimum absolute atomic E-state index is 0.0517. The SMILES string of the molecule is CC(C)C(=O)N1CCCc2[nH]ncc21. The van der Waals surface area contributed by atoms with Gasteiger partial charge in [-0.3, -0.25) is 9.89 Å². The Morgan fingerprint density at radius 1 is 1.64 bits per heavy atom. The predicted octanol–water partition coefficient (Wildman–Crippen LogP) is 1.34. The van der Waals surface area contributed by atoms with E-state index in [0.29, 0.717) is 0 Å². The number of aryl methyl sites for hydroxylation is 1. The fourth-order valence-electron chi connectivity index (χ4n) is 1.80. The molecule has 4 nitrogen and oxygen atoms in total. The molecule has 0 bridgehead atoms. The Kier molecular flexibility index (Phi) is 2.27. The number of carbonyl (C=O) groups is 1. The lowest BCUT2D eigenvalue weighted by Crippen LogP contribution is -2.37. The van der Waals surface area contributed by atoms with Gasteiger partial charge in [0.2, 0.25) is 5.91 Å². The average Bonchev–Trinajstić information content (AvgIpc) is 2.63. The summed E-state index contributed by atoms with van der Waals surface area (Å²) in [7, 11) is 0. The van der Waals surface area contributed by atoms with Gasteiger partial charge in [-0.1, -0.05) is 13.8 Å². The summed E-state index contributed by atoms with van der Waals surface area (Å²) in [6.45, 7) is 4.68. The van der Waals surface area contributed by atoms with Gasteiger partial charge in [-0.2, -0.15) is 5.10 Å². The molecule has 1 amide bonds. The van der Waals surface area contributed by atoms with Crippen LogP contribution >= 0.6 is 0 Å². The highest BCUT2D eigenvalue weighted by atomic mass is 16.2. The van der Waals surface area contributed by atoms with E-state index < -0.39 is 0 Å². The van der Waals surface area contributed by atoms with Crippen LogP contribution in [-0.2, 0) is 11.2 Å². The van der Waals surface area contributed by atoms with Gasteiger partial charge in [-0.05, 0) is 12.8 Å². The van der Waals surface area contributed by atoms with E-state index in [1.54, 1.807) is 6.20 Å². The third kappa shape index (κ3) is 1.41. The number of nitrogens with one attached hydrogen (secondary N) is 1.